The van der Waals surface area contributed by atoms with Crippen molar-refractivity contribution >= 4 is 34.8 Å². The fourth-order valence-corrected chi connectivity index (χ4v) is 2.68. The zero-order chi connectivity index (χ0) is 20.4. The molecule has 1 unspecified atom stereocenters. The number of nitrogens with one attached hydrogen (secondary N) is 2. The van der Waals surface area contributed by atoms with E-state index in [2.05, 4.69) is 15.4 Å². The normalized spacial score (nSPS) is 11.9. The molecule has 0 saturated carbocycles. The van der Waals surface area contributed by atoms with E-state index in [1.807, 2.05) is 0 Å². The van der Waals surface area contributed by atoms with Crippen molar-refractivity contribution in [1.82, 2.24) is 10.6 Å². The number of carbonyl (C=O) groups is 4. The maximum absolute atomic E-state index is 12.1. The van der Waals surface area contributed by atoms with Crippen LogP contribution in [-0.2, 0) is 19.1 Å². The quantitative estimate of drug-likeness (QED) is 0.675. The number of esters is 1. The summed E-state index contributed by atoms with van der Waals surface area (Å²) < 4.78 is 9.67. The molecule has 0 saturated heterocycles. The number of benzene rings is 1. The molecule has 0 radical (unpaired) electrons. The monoisotopic (exact) mass is 396 g/mol. The SMILES string of the molecule is COC(=O)C(CSC(=O)c1ccccc1)NC(=O)CNC(=O)OC(C)(C)C. The number of thioether (sulfide) groups is 1. The summed E-state index contributed by atoms with van der Waals surface area (Å²) in [6, 6.07) is 7.54. The Labute approximate surface area is 162 Å². The van der Waals surface area contributed by atoms with E-state index in [9.17, 15) is 19.2 Å². The van der Waals surface area contributed by atoms with Crippen LogP contribution in [-0.4, -0.2) is 54.1 Å². The second kappa shape index (κ2) is 10.6. The highest BCUT2D eigenvalue weighted by Gasteiger charge is 2.24. The highest BCUT2D eigenvalue weighted by molar-refractivity contribution is 8.14. The van der Waals surface area contributed by atoms with Gasteiger partial charge in [0.25, 0.3) is 0 Å². The van der Waals surface area contributed by atoms with E-state index in [1.54, 1.807) is 51.1 Å². The molecule has 148 valence electrons. The van der Waals surface area contributed by atoms with Gasteiger partial charge in [-0.05, 0) is 20.8 Å². The highest BCUT2D eigenvalue weighted by Crippen LogP contribution is 2.13. The molecule has 0 heterocycles. The third-order valence-electron chi connectivity index (χ3n) is 3.00. The van der Waals surface area contributed by atoms with Gasteiger partial charge in [-0.15, -0.1) is 0 Å². The first-order valence-electron chi connectivity index (χ1n) is 8.18. The number of hydrogen-bond donors (Lipinski definition) is 2. The number of amides is 2. The van der Waals surface area contributed by atoms with Crippen molar-refractivity contribution in [1.29, 1.82) is 0 Å². The van der Waals surface area contributed by atoms with E-state index in [0.29, 0.717) is 5.56 Å². The van der Waals surface area contributed by atoms with Crippen molar-refractivity contribution in [3.8, 4) is 0 Å². The zero-order valence-corrected chi connectivity index (χ0v) is 16.6. The van der Waals surface area contributed by atoms with Gasteiger partial charge in [0, 0.05) is 11.3 Å². The number of alkyl carbamates (subject to hydrolysis) is 1. The second-order valence-corrected chi connectivity index (χ2v) is 7.46. The van der Waals surface area contributed by atoms with E-state index in [4.69, 9.17) is 4.74 Å². The Kier molecular flexibility index (Phi) is 8.80. The van der Waals surface area contributed by atoms with Crippen molar-refractivity contribution in [3.05, 3.63) is 35.9 Å². The van der Waals surface area contributed by atoms with Gasteiger partial charge < -0.3 is 20.1 Å². The van der Waals surface area contributed by atoms with E-state index in [-0.39, 0.29) is 17.4 Å². The summed E-state index contributed by atoms with van der Waals surface area (Å²) in [5, 5.41) is 4.50. The number of methoxy groups -OCH3 is 1. The predicted molar refractivity (Wildman–Crippen MR) is 101 cm³/mol. The lowest BCUT2D eigenvalue weighted by molar-refractivity contribution is -0.144. The summed E-state index contributed by atoms with van der Waals surface area (Å²) in [6.07, 6.45) is -0.749. The highest BCUT2D eigenvalue weighted by atomic mass is 32.2. The second-order valence-electron chi connectivity index (χ2n) is 6.46. The van der Waals surface area contributed by atoms with Gasteiger partial charge in [0.05, 0.1) is 7.11 Å². The third-order valence-corrected chi connectivity index (χ3v) is 4.00. The molecule has 27 heavy (non-hydrogen) atoms. The Morgan fingerprint density at radius 2 is 1.74 bits per heavy atom. The molecule has 8 nitrogen and oxygen atoms in total. The average Bonchev–Trinajstić information content (AvgIpc) is 2.61. The van der Waals surface area contributed by atoms with Crippen LogP contribution in [0.4, 0.5) is 4.79 Å². The van der Waals surface area contributed by atoms with Crippen LogP contribution >= 0.6 is 11.8 Å². The first kappa shape index (κ1) is 22.5. The summed E-state index contributed by atoms with van der Waals surface area (Å²) in [6.45, 7) is 4.71. The smallest absolute Gasteiger partial charge is 0.408 e. The number of ether oxygens (including phenoxy) is 2. The molecule has 0 aliphatic rings. The molecule has 0 aliphatic heterocycles. The predicted octanol–water partition coefficient (Wildman–Crippen LogP) is 1.74. The van der Waals surface area contributed by atoms with E-state index in [0.717, 1.165) is 11.8 Å². The summed E-state index contributed by atoms with van der Waals surface area (Å²) in [4.78, 5) is 47.5. The van der Waals surface area contributed by atoms with Gasteiger partial charge in [-0.25, -0.2) is 9.59 Å². The van der Waals surface area contributed by atoms with Crippen molar-refractivity contribution in [2.24, 2.45) is 0 Å². The molecule has 9 heteroatoms. The minimum absolute atomic E-state index is 0.00141. The molecule has 0 bridgehead atoms. The largest absolute Gasteiger partial charge is 0.467 e. The molecule has 0 aromatic heterocycles. The lowest BCUT2D eigenvalue weighted by atomic mass is 10.2. The Bertz CT molecular complexity index is 672. The number of carbonyl (C=O) groups excluding carboxylic acids is 4. The molecular formula is C18H24N2O6S. The van der Waals surface area contributed by atoms with Gasteiger partial charge in [0.1, 0.15) is 18.2 Å². The van der Waals surface area contributed by atoms with E-state index in [1.165, 1.54) is 7.11 Å². The molecule has 1 aromatic rings. The van der Waals surface area contributed by atoms with Crippen LogP contribution in [0, 0.1) is 0 Å². The molecule has 0 aliphatic carbocycles. The molecule has 1 aromatic carbocycles. The van der Waals surface area contributed by atoms with Gasteiger partial charge in [-0.1, -0.05) is 42.1 Å². The topological polar surface area (TPSA) is 111 Å². The molecule has 1 atom stereocenters. The Morgan fingerprint density at radius 3 is 2.30 bits per heavy atom. The molecule has 0 fully saturated rings. The van der Waals surface area contributed by atoms with E-state index >= 15 is 0 Å². The third kappa shape index (κ3) is 9.09. The average molecular weight is 396 g/mol. The first-order valence-corrected chi connectivity index (χ1v) is 9.17. The molecule has 2 amide bonds. The van der Waals surface area contributed by atoms with Crippen LogP contribution in [0.2, 0.25) is 0 Å². The maximum atomic E-state index is 12.1. The standard InChI is InChI=1S/C18H24N2O6S/c1-18(2,3)26-17(24)19-10-14(21)20-13(15(22)25-4)11-27-16(23)12-8-6-5-7-9-12/h5-9,13H,10-11H2,1-4H3,(H,19,24)(H,20,21). The minimum atomic E-state index is -1.03. The minimum Gasteiger partial charge on any atom is -0.467 e. The summed E-state index contributed by atoms with van der Waals surface area (Å²) in [7, 11) is 1.18. The van der Waals surface area contributed by atoms with Crippen LogP contribution in [0.15, 0.2) is 30.3 Å². The van der Waals surface area contributed by atoms with Crippen LogP contribution in [0.25, 0.3) is 0 Å². The molecule has 0 spiro atoms. The van der Waals surface area contributed by atoms with Gasteiger partial charge >= 0.3 is 12.1 Å². The fourth-order valence-electron chi connectivity index (χ4n) is 1.84. The Morgan fingerprint density at radius 1 is 1.11 bits per heavy atom. The summed E-state index contributed by atoms with van der Waals surface area (Å²) in [5.74, 6) is -1.29. The molecular weight excluding hydrogens is 372 g/mol. The number of hydrogen-bond acceptors (Lipinski definition) is 7. The van der Waals surface area contributed by atoms with Gasteiger partial charge in [0.15, 0.2) is 0 Å². The first-order chi connectivity index (χ1) is 12.6. The van der Waals surface area contributed by atoms with Gasteiger partial charge in [-0.3, -0.25) is 9.59 Å². The van der Waals surface area contributed by atoms with Crippen molar-refractivity contribution in [2.75, 3.05) is 19.4 Å². The summed E-state index contributed by atoms with van der Waals surface area (Å²) in [5.41, 5.74) is -0.201. The van der Waals surface area contributed by atoms with Crippen LogP contribution < -0.4 is 10.6 Å². The van der Waals surface area contributed by atoms with Gasteiger partial charge in [0.2, 0.25) is 11.0 Å². The van der Waals surface area contributed by atoms with Gasteiger partial charge in [-0.2, -0.15) is 0 Å². The lowest BCUT2D eigenvalue weighted by Gasteiger charge is -2.20. The van der Waals surface area contributed by atoms with Crippen LogP contribution in [0.5, 0.6) is 0 Å². The maximum Gasteiger partial charge on any atom is 0.408 e. The zero-order valence-electron chi connectivity index (χ0n) is 15.7. The fraction of sp³-hybridized carbons (Fsp3) is 0.444. The Balaban J connectivity index is 2.54. The van der Waals surface area contributed by atoms with Crippen LogP contribution in [0.3, 0.4) is 0 Å². The molecule has 1 rings (SSSR count). The number of rotatable bonds is 7. The molecule has 2 N–H and O–H groups in total. The Hall–Kier alpha value is -2.55. The van der Waals surface area contributed by atoms with E-state index < -0.39 is 29.6 Å². The van der Waals surface area contributed by atoms with Crippen LogP contribution in [0.1, 0.15) is 31.1 Å². The van der Waals surface area contributed by atoms with Crippen molar-refractivity contribution < 1.29 is 28.7 Å². The lowest BCUT2D eigenvalue weighted by Crippen LogP contribution is -2.48. The van der Waals surface area contributed by atoms with Crippen molar-refractivity contribution in [2.45, 2.75) is 32.4 Å². The van der Waals surface area contributed by atoms with Crippen molar-refractivity contribution in [3.63, 3.8) is 0 Å². The summed E-state index contributed by atoms with van der Waals surface area (Å²) >= 11 is 0.889.